The minimum atomic E-state index is 0.530. The molecule has 2 aliphatic heterocycles. The van der Waals surface area contributed by atoms with Crippen molar-refractivity contribution in [3.05, 3.63) is 52.2 Å². The molecule has 3 heterocycles. The number of unbranched alkanes of at least 4 members (excludes halogenated alkanes) is 1. The summed E-state index contributed by atoms with van der Waals surface area (Å²) in [7, 11) is 0. The molecule has 4 rings (SSSR count). The van der Waals surface area contributed by atoms with E-state index in [0.717, 1.165) is 61.7 Å². The Morgan fingerprint density at radius 2 is 2.00 bits per heavy atom. The first-order valence-electron chi connectivity index (χ1n) is 10.1. The van der Waals surface area contributed by atoms with Gasteiger partial charge in [-0.05, 0) is 43.5 Å². The molecule has 28 heavy (non-hydrogen) atoms. The minimum Gasteiger partial charge on any atom is -0.381 e. The number of hydrogen-bond acceptors (Lipinski definition) is 4. The zero-order valence-corrected chi connectivity index (χ0v) is 17.8. The van der Waals surface area contributed by atoms with Gasteiger partial charge in [0, 0.05) is 64.4 Å². The van der Waals surface area contributed by atoms with E-state index in [1.807, 2.05) is 23.0 Å². The van der Waals surface area contributed by atoms with Crippen LogP contribution in [0.15, 0.2) is 51.5 Å². The van der Waals surface area contributed by atoms with Crippen molar-refractivity contribution in [3.63, 3.8) is 0 Å². The van der Waals surface area contributed by atoms with Crippen LogP contribution in [0.5, 0.6) is 0 Å². The second-order valence-electron chi connectivity index (χ2n) is 7.34. The maximum Gasteiger partial charge on any atom is 0.0835 e. The van der Waals surface area contributed by atoms with E-state index in [1.165, 1.54) is 21.9 Å². The monoisotopic (exact) mass is 415 g/mol. The second kappa shape index (κ2) is 9.29. The van der Waals surface area contributed by atoms with Crippen LogP contribution in [0.1, 0.15) is 44.6 Å². The lowest BCUT2D eigenvalue weighted by molar-refractivity contribution is 0.0826. The van der Waals surface area contributed by atoms with Crippen molar-refractivity contribution in [3.8, 4) is 0 Å². The highest BCUT2D eigenvalue weighted by Gasteiger charge is 2.28. The fourth-order valence-corrected chi connectivity index (χ4v) is 4.81. The van der Waals surface area contributed by atoms with Crippen molar-refractivity contribution in [2.45, 2.75) is 50.5 Å². The van der Waals surface area contributed by atoms with Gasteiger partial charge >= 0.3 is 0 Å². The molecule has 0 radical (unpaired) electrons. The summed E-state index contributed by atoms with van der Waals surface area (Å²) in [5, 5.41) is 5.32. The molecule has 0 spiro atoms. The molecule has 0 atom stereocenters. The summed E-state index contributed by atoms with van der Waals surface area (Å²) in [6, 6.07) is 8.05. The summed E-state index contributed by atoms with van der Waals surface area (Å²) in [6.45, 7) is 4.84. The number of halogens is 1. The maximum atomic E-state index is 6.06. The number of nitrogens with zero attached hydrogens (tertiary/aromatic N) is 3. The smallest absolute Gasteiger partial charge is 0.0835 e. The number of aromatic nitrogens is 2. The van der Waals surface area contributed by atoms with Crippen LogP contribution in [0, 0.1) is 5.92 Å². The predicted molar refractivity (Wildman–Crippen MR) is 117 cm³/mol. The average molecular weight is 416 g/mol. The van der Waals surface area contributed by atoms with E-state index in [9.17, 15) is 0 Å². The molecule has 1 saturated heterocycles. The van der Waals surface area contributed by atoms with Crippen LogP contribution < -0.4 is 0 Å². The Hall–Kier alpha value is -1.56. The van der Waals surface area contributed by atoms with Crippen LogP contribution in [0.2, 0.25) is 5.02 Å². The van der Waals surface area contributed by atoms with Crippen molar-refractivity contribution < 1.29 is 4.74 Å². The van der Waals surface area contributed by atoms with E-state index >= 15 is 0 Å². The molecule has 0 saturated carbocycles. The van der Waals surface area contributed by atoms with Crippen LogP contribution in [0.3, 0.4) is 0 Å². The highest BCUT2D eigenvalue weighted by molar-refractivity contribution is 8.03. The molecule has 148 valence electrons. The van der Waals surface area contributed by atoms with Crippen molar-refractivity contribution in [1.82, 2.24) is 9.78 Å². The third-order valence-electron chi connectivity index (χ3n) is 5.26. The van der Waals surface area contributed by atoms with E-state index in [4.69, 9.17) is 21.3 Å². The minimum absolute atomic E-state index is 0.530. The van der Waals surface area contributed by atoms with E-state index in [2.05, 4.69) is 30.4 Å². The van der Waals surface area contributed by atoms with Gasteiger partial charge < -0.3 is 4.74 Å². The Bertz CT molecular complexity index is 866. The van der Waals surface area contributed by atoms with Gasteiger partial charge in [0.15, 0.2) is 0 Å². The van der Waals surface area contributed by atoms with Gasteiger partial charge in [-0.25, -0.2) is 0 Å². The summed E-state index contributed by atoms with van der Waals surface area (Å²) in [5.41, 5.74) is 3.51. The van der Waals surface area contributed by atoms with E-state index in [0.29, 0.717) is 5.92 Å². The maximum absolute atomic E-state index is 6.06. The summed E-state index contributed by atoms with van der Waals surface area (Å²) in [6.07, 6.45) is 9.48. The normalized spacial score (nSPS) is 18.0. The molecule has 0 bridgehead atoms. The molecule has 1 aromatic carbocycles. The molecular weight excluding hydrogens is 390 g/mol. The van der Waals surface area contributed by atoms with Crippen LogP contribution in [0.4, 0.5) is 0 Å². The largest absolute Gasteiger partial charge is 0.381 e. The van der Waals surface area contributed by atoms with Crippen LogP contribution in [-0.2, 0) is 11.3 Å². The van der Waals surface area contributed by atoms with Crippen molar-refractivity contribution >= 4 is 34.8 Å². The van der Waals surface area contributed by atoms with E-state index in [1.54, 1.807) is 11.8 Å². The number of aryl methyl sites for hydroxylation is 1. The fourth-order valence-electron chi connectivity index (χ4n) is 3.64. The Labute approximate surface area is 176 Å². The lowest BCUT2D eigenvalue weighted by atomic mass is 9.93. The SMILES string of the molecule is CCCCn1cc(C2=C(Sc3ccc(Cl)cc3)CC(C3CCOCC3)=N2)cn1. The van der Waals surface area contributed by atoms with E-state index in [-0.39, 0.29) is 0 Å². The van der Waals surface area contributed by atoms with Gasteiger partial charge in [0.1, 0.15) is 0 Å². The third-order valence-corrected chi connectivity index (χ3v) is 6.60. The first-order valence-corrected chi connectivity index (χ1v) is 11.3. The van der Waals surface area contributed by atoms with Gasteiger partial charge in [0.05, 0.1) is 11.9 Å². The summed E-state index contributed by atoms with van der Waals surface area (Å²) < 4.78 is 7.59. The molecule has 1 aromatic heterocycles. The van der Waals surface area contributed by atoms with E-state index < -0.39 is 0 Å². The zero-order valence-electron chi connectivity index (χ0n) is 16.2. The topological polar surface area (TPSA) is 39.4 Å². The van der Waals surface area contributed by atoms with Crippen molar-refractivity contribution in [1.29, 1.82) is 0 Å². The van der Waals surface area contributed by atoms with Gasteiger partial charge in [-0.2, -0.15) is 5.10 Å². The number of benzene rings is 1. The molecule has 2 aromatic rings. The van der Waals surface area contributed by atoms with Gasteiger partial charge in [-0.1, -0.05) is 36.7 Å². The average Bonchev–Trinajstić information content (AvgIpc) is 3.36. The Balaban J connectivity index is 1.60. The summed E-state index contributed by atoms with van der Waals surface area (Å²) in [4.78, 5) is 7.61. The van der Waals surface area contributed by atoms with Crippen LogP contribution in [-0.4, -0.2) is 28.7 Å². The summed E-state index contributed by atoms with van der Waals surface area (Å²) in [5.74, 6) is 0.530. The molecule has 0 aliphatic carbocycles. The highest BCUT2D eigenvalue weighted by Crippen LogP contribution is 2.42. The third kappa shape index (κ3) is 4.70. The second-order valence-corrected chi connectivity index (χ2v) is 8.94. The van der Waals surface area contributed by atoms with Gasteiger partial charge in [-0.15, -0.1) is 0 Å². The number of aliphatic imine (C=N–C) groups is 1. The molecule has 1 fully saturated rings. The molecular formula is C22H26ClN3OS. The molecule has 2 aliphatic rings. The lowest BCUT2D eigenvalue weighted by Gasteiger charge is -2.22. The Morgan fingerprint density at radius 3 is 2.75 bits per heavy atom. The number of ether oxygens (including phenoxy) is 1. The fraction of sp³-hybridized carbons (Fsp3) is 0.455. The number of rotatable bonds is 7. The summed E-state index contributed by atoms with van der Waals surface area (Å²) >= 11 is 7.85. The Morgan fingerprint density at radius 1 is 1.21 bits per heavy atom. The number of allylic oxidation sites excluding steroid dienone is 1. The highest BCUT2D eigenvalue weighted by atomic mass is 35.5. The predicted octanol–water partition coefficient (Wildman–Crippen LogP) is 6.07. The number of thioether (sulfide) groups is 1. The first-order chi connectivity index (χ1) is 13.7. The van der Waals surface area contributed by atoms with Gasteiger partial charge in [0.25, 0.3) is 0 Å². The van der Waals surface area contributed by atoms with Crippen LogP contribution in [0.25, 0.3) is 5.70 Å². The van der Waals surface area contributed by atoms with Gasteiger partial charge in [0.2, 0.25) is 0 Å². The number of hydrogen-bond donors (Lipinski definition) is 0. The molecule has 6 heteroatoms. The zero-order chi connectivity index (χ0) is 19.3. The first kappa shape index (κ1) is 19.7. The standard InChI is InChI=1S/C22H26ClN3OS/c1-2-3-10-26-15-17(14-24-26)22-21(28-19-6-4-18(23)5-7-19)13-20(25-22)16-8-11-27-12-9-16/h4-7,14-16H,2-3,8-13H2,1H3. The van der Waals surface area contributed by atoms with Crippen molar-refractivity contribution in [2.24, 2.45) is 10.9 Å². The molecule has 0 amide bonds. The molecule has 0 unspecified atom stereocenters. The van der Waals surface area contributed by atoms with Gasteiger partial charge in [-0.3, -0.25) is 9.67 Å². The molecule has 0 N–H and O–H groups in total. The van der Waals surface area contributed by atoms with Crippen LogP contribution >= 0.6 is 23.4 Å². The lowest BCUT2D eigenvalue weighted by Crippen LogP contribution is -2.22. The van der Waals surface area contributed by atoms with Crippen molar-refractivity contribution in [2.75, 3.05) is 13.2 Å². The molecule has 4 nitrogen and oxygen atoms in total. The quantitative estimate of drug-likeness (QED) is 0.551. The Kier molecular flexibility index (Phi) is 6.55.